The maximum absolute atomic E-state index is 13.3. The van der Waals surface area contributed by atoms with Crippen LogP contribution in [0.15, 0.2) is 40.2 Å². The minimum absolute atomic E-state index is 0.0569. The van der Waals surface area contributed by atoms with E-state index in [0.717, 1.165) is 19.3 Å². The van der Waals surface area contributed by atoms with Crippen LogP contribution in [0.2, 0.25) is 0 Å². The first-order chi connectivity index (χ1) is 13.5. The van der Waals surface area contributed by atoms with Crippen molar-refractivity contribution >= 4 is 28.1 Å². The minimum atomic E-state index is -1.37. The standard InChI is InChI=1S/C20H25N3O4S/c1-2-4-18(24)27-13-22-11-7-14-15(19(22)25)5-3-6-16(14)28(26)23-12-8-17(21)20(23)9-10-20/h3,5-7,11,17H,2,4,8-10,12-13,21H2,1H3. The molecule has 0 radical (unpaired) electrons. The smallest absolute Gasteiger partial charge is 0.307 e. The third-order valence-corrected chi connectivity index (χ3v) is 7.46. The highest BCUT2D eigenvalue weighted by Crippen LogP contribution is 2.51. The molecular formula is C20H25N3O4S. The Morgan fingerprint density at radius 3 is 2.86 bits per heavy atom. The predicted octanol–water partition coefficient (Wildman–Crippen LogP) is 1.89. The van der Waals surface area contributed by atoms with Crippen LogP contribution in [0.4, 0.5) is 0 Å². The zero-order valence-corrected chi connectivity index (χ0v) is 16.7. The molecule has 1 aliphatic carbocycles. The molecule has 1 aliphatic heterocycles. The van der Waals surface area contributed by atoms with Crippen molar-refractivity contribution in [2.24, 2.45) is 5.73 Å². The van der Waals surface area contributed by atoms with E-state index in [-0.39, 0.29) is 29.8 Å². The largest absolute Gasteiger partial charge is 0.593 e. The lowest BCUT2D eigenvalue weighted by Gasteiger charge is -2.27. The number of benzene rings is 1. The molecule has 0 amide bonds. The number of esters is 1. The number of rotatable bonds is 6. The number of hydrogen-bond acceptors (Lipinski definition) is 6. The molecule has 150 valence electrons. The van der Waals surface area contributed by atoms with Gasteiger partial charge in [0.25, 0.3) is 5.56 Å². The van der Waals surface area contributed by atoms with Crippen molar-refractivity contribution < 1.29 is 14.1 Å². The van der Waals surface area contributed by atoms with Gasteiger partial charge in [-0.3, -0.25) is 14.2 Å². The number of carbonyl (C=O) groups excluding carboxylic acids is 1. The van der Waals surface area contributed by atoms with Crippen molar-refractivity contribution in [1.29, 1.82) is 0 Å². The number of aromatic nitrogens is 1. The topological polar surface area (TPSA) is 101 Å². The average Bonchev–Trinajstić information content (AvgIpc) is 3.42. The maximum Gasteiger partial charge on any atom is 0.307 e. The van der Waals surface area contributed by atoms with Gasteiger partial charge < -0.3 is 15.0 Å². The van der Waals surface area contributed by atoms with Gasteiger partial charge in [-0.05, 0) is 43.9 Å². The molecule has 1 saturated carbocycles. The van der Waals surface area contributed by atoms with E-state index in [9.17, 15) is 14.1 Å². The van der Waals surface area contributed by atoms with Crippen molar-refractivity contribution in [3.8, 4) is 0 Å². The summed E-state index contributed by atoms with van der Waals surface area (Å²) in [5, 5.41) is 1.13. The van der Waals surface area contributed by atoms with Crippen molar-refractivity contribution in [3.63, 3.8) is 0 Å². The fourth-order valence-electron chi connectivity index (χ4n) is 4.01. The molecule has 2 aromatic rings. The second-order valence-electron chi connectivity index (χ2n) is 7.55. The van der Waals surface area contributed by atoms with E-state index >= 15 is 0 Å². The normalized spacial score (nSPS) is 21.9. The number of hydrogen-bond donors (Lipinski definition) is 1. The van der Waals surface area contributed by atoms with Crippen molar-refractivity contribution in [2.45, 2.75) is 62.2 Å². The van der Waals surface area contributed by atoms with Crippen LogP contribution in [0, 0.1) is 0 Å². The summed E-state index contributed by atoms with van der Waals surface area (Å²) in [6.07, 6.45) is 5.40. The first kappa shape index (κ1) is 19.4. The average molecular weight is 404 g/mol. The first-order valence-electron chi connectivity index (χ1n) is 9.71. The molecule has 2 aliphatic rings. The summed E-state index contributed by atoms with van der Waals surface area (Å²) >= 11 is -1.37. The van der Waals surface area contributed by atoms with Gasteiger partial charge in [-0.2, -0.15) is 0 Å². The SMILES string of the molecule is CCCC(=O)OCn1ccc2c([S+]([O-])N3CCC(N)C34CC4)cccc2c1=O. The first-order valence-corrected chi connectivity index (χ1v) is 10.8. The highest BCUT2D eigenvalue weighted by molar-refractivity contribution is 7.89. The quantitative estimate of drug-likeness (QED) is 0.584. The van der Waals surface area contributed by atoms with Gasteiger partial charge in [0.05, 0.1) is 22.3 Å². The zero-order chi connectivity index (χ0) is 19.9. The van der Waals surface area contributed by atoms with Gasteiger partial charge in [0.15, 0.2) is 11.6 Å². The molecular weight excluding hydrogens is 378 g/mol. The summed E-state index contributed by atoms with van der Waals surface area (Å²) in [6.45, 7) is 2.48. The van der Waals surface area contributed by atoms with E-state index in [0.29, 0.717) is 35.1 Å². The number of fused-ring (bicyclic) bond motifs is 1. The molecule has 0 bridgehead atoms. The molecule has 2 fully saturated rings. The molecule has 2 atom stereocenters. The number of nitrogens with two attached hydrogens (primary N) is 1. The Labute approximate surface area is 166 Å². The molecule has 1 aromatic heterocycles. The second kappa shape index (κ2) is 7.51. The molecule has 2 N–H and O–H groups in total. The second-order valence-corrected chi connectivity index (χ2v) is 8.93. The van der Waals surface area contributed by atoms with Crippen LogP contribution < -0.4 is 11.3 Å². The molecule has 4 rings (SSSR count). The number of pyridine rings is 1. The third-order valence-electron chi connectivity index (χ3n) is 5.78. The fourth-order valence-corrected chi connectivity index (χ4v) is 5.73. The van der Waals surface area contributed by atoms with Gasteiger partial charge in [-0.25, -0.2) is 0 Å². The van der Waals surface area contributed by atoms with Crippen LogP contribution in [-0.4, -0.2) is 37.5 Å². The van der Waals surface area contributed by atoms with Gasteiger partial charge in [0, 0.05) is 30.6 Å². The van der Waals surface area contributed by atoms with E-state index in [1.54, 1.807) is 24.4 Å². The lowest BCUT2D eigenvalue weighted by Crippen LogP contribution is -2.44. The van der Waals surface area contributed by atoms with Crippen molar-refractivity contribution in [1.82, 2.24) is 8.87 Å². The number of nitrogens with zero attached hydrogens (tertiary/aromatic N) is 2. The molecule has 1 spiro atoms. The van der Waals surface area contributed by atoms with Gasteiger partial charge in [-0.1, -0.05) is 13.0 Å². The molecule has 2 unspecified atom stereocenters. The summed E-state index contributed by atoms with van der Waals surface area (Å²) < 4.78 is 21.9. The van der Waals surface area contributed by atoms with Crippen LogP contribution in [-0.2, 0) is 27.6 Å². The molecule has 7 nitrogen and oxygen atoms in total. The van der Waals surface area contributed by atoms with Crippen LogP contribution >= 0.6 is 0 Å². The summed E-state index contributed by atoms with van der Waals surface area (Å²) in [4.78, 5) is 25.0. The van der Waals surface area contributed by atoms with Crippen LogP contribution in [0.25, 0.3) is 10.8 Å². The summed E-state index contributed by atoms with van der Waals surface area (Å²) in [5.74, 6) is -0.329. The number of carbonyl (C=O) groups is 1. The van der Waals surface area contributed by atoms with Gasteiger partial charge in [-0.15, -0.1) is 4.31 Å². The molecule has 1 saturated heterocycles. The zero-order valence-electron chi connectivity index (χ0n) is 15.9. The Bertz CT molecular complexity index is 956. The Morgan fingerprint density at radius 2 is 2.14 bits per heavy atom. The van der Waals surface area contributed by atoms with Gasteiger partial charge in [0.1, 0.15) is 0 Å². The van der Waals surface area contributed by atoms with Crippen molar-refractivity contribution in [3.05, 3.63) is 40.8 Å². The van der Waals surface area contributed by atoms with Crippen LogP contribution in [0.3, 0.4) is 0 Å². The van der Waals surface area contributed by atoms with E-state index in [4.69, 9.17) is 10.5 Å². The third kappa shape index (κ3) is 3.24. The molecule has 2 heterocycles. The minimum Gasteiger partial charge on any atom is -0.593 e. The van der Waals surface area contributed by atoms with E-state index in [1.165, 1.54) is 4.57 Å². The van der Waals surface area contributed by atoms with E-state index < -0.39 is 11.4 Å². The number of ether oxygens (including phenoxy) is 1. The lowest BCUT2D eigenvalue weighted by molar-refractivity contribution is -0.147. The highest BCUT2D eigenvalue weighted by atomic mass is 32.2. The summed E-state index contributed by atoms with van der Waals surface area (Å²) in [6, 6.07) is 7.10. The maximum atomic E-state index is 13.3. The van der Waals surface area contributed by atoms with Gasteiger partial charge >= 0.3 is 5.97 Å². The predicted molar refractivity (Wildman–Crippen MR) is 107 cm³/mol. The molecule has 8 heteroatoms. The Hall–Kier alpha value is -1.87. The summed E-state index contributed by atoms with van der Waals surface area (Å²) in [5.41, 5.74) is 5.84. The summed E-state index contributed by atoms with van der Waals surface area (Å²) in [7, 11) is 0. The molecule has 28 heavy (non-hydrogen) atoms. The Morgan fingerprint density at radius 1 is 1.36 bits per heavy atom. The Kier molecular flexibility index (Phi) is 5.22. The van der Waals surface area contributed by atoms with Gasteiger partial charge in [0.2, 0.25) is 0 Å². The Balaban J connectivity index is 1.63. The van der Waals surface area contributed by atoms with Crippen molar-refractivity contribution in [2.75, 3.05) is 6.54 Å². The molecule has 1 aromatic carbocycles. The van der Waals surface area contributed by atoms with Crippen LogP contribution in [0.1, 0.15) is 39.0 Å². The monoisotopic (exact) mass is 403 g/mol. The lowest BCUT2D eigenvalue weighted by atomic mass is 10.1. The van der Waals surface area contributed by atoms with E-state index in [2.05, 4.69) is 0 Å². The fraction of sp³-hybridized carbons (Fsp3) is 0.500. The highest BCUT2D eigenvalue weighted by Gasteiger charge is 2.61. The van der Waals surface area contributed by atoms with E-state index in [1.807, 2.05) is 17.3 Å². The van der Waals surface area contributed by atoms with Crippen LogP contribution in [0.5, 0.6) is 0 Å².